The molecule has 1 aliphatic heterocycles. The summed E-state index contributed by atoms with van der Waals surface area (Å²) in [5.74, 6) is -1.58. The molecule has 1 fully saturated rings. The van der Waals surface area contributed by atoms with Gasteiger partial charge in [-0.2, -0.15) is 0 Å². The van der Waals surface area contributed by atoms with E-state index in [1.165, 1.54) is 29.2 Å². The summed E-state index contributed by atoms with van der Waals surface area (Å²) in [6.45, 7) is 0. The Morgan fingerprint density at radius 2 is 1.77 bits per heavy atom. The van der Waals surface area contributed by atoms with Crippen molar-refractivity contribution in [2.45, 2.75) is 0 Å². The van der Waals surface area contributed by atoms with Gasteiger partial charge in [-0.3, -0.25) is 9.69 Å². The zero-order valence-electron chi connectivity index (χ0n) is 13.2. The summed E-state index contributed by atoms with van der Waals surface area (Å²) in [7, 11) is 0. The number of hydrogen-bond donors (Lipinski definition) is 0. The molecule has 1 amide bonds. The third kappa shape index (κ3) is 4.04. The second-order valence-electron chi connectivity index (χ2n) is 5.29. The van der Waals surface area contributed by atoms with Crippen LogP contribution in [0.15, 0.2) is 70.6 Å². The van der Waals surface area contributed by atoms with Gasteiger partial charge in [-0.1, -0.05) is 78.0 Å². The van der Waals surface area contributed by atoms with Gasteiger partial charge in [0.1, 0.15) is 0 Å². The maximum Gasteiger partial charge on any atom is 0.270 e. The van der Waals surface area contributed by atoms with Crippen LogP contribution in [0.2, 0.25) is 0 Å². The lowest BCUT2D eigenvalue weighted by atomic mass is 10.2. The molecule has 1 aliphatic rings. The predicted octanol–water partition coefficient (Wildman–Crippen LogP) is 3.58. The molecule has 7 heteroatoms. The second kappa shape index (κ2) is 7.86. The van der Waals surface area contributed by atoms with E-state index in [0.29, 0.717) is 19.9 Å². The summed E-state index contributed by atoms with van der Waals surface area (Å²) in [5.41, 5.74) is 1.44. The Kier molecular flexibility index (Phi) is 5.56. The van der Waals surface area contributed by atoms with Crippen LogP contribution >= 0.6 is 35.6 Å². The highest BCUT2D eigenvalue weighted by Crippen LogP contribution is 2.36. The van der Waals surface area contributed by atoms with Crippen molar-refractivity contribution in [3.8, 4) is 0 Å². The number of carboxylic acid groups (broad SMARTS) is 1. The van der Waals surface area contributed by atoms with Crippen molar-refractivity contribution in [1.82, 2.24) is 0 Å². The molecular formula is C19H11ClNO3S2-. The number of benzene rings is 2. The largest absolute Gasteiger partial charge is 0.545 e. The monoisotopic (exact) mass is 400 g/mol. The van der Waals surface area contributed by atoms with Gasteiger partial charge in [0.2, 0.25) is 0 Å². The molecule has 0 unspecified atom stereocenters. The first-order valence-electron chi connectivity index (χ1n) is 7.47. The van der Waals surface area contributed by atoms with Crippen LogP contribution in [0.3, 0.4) is 0 Å². The average molecular weight is 401 g/mol. The predicted molar refractivity (Wildman–Crippen MR) is 107 cm³/mol. The number of halogens is 1. The number of thioether (sulfide) groups is 1. The van der Waals surface area contributed by atoms with Crippen LogP contribution in [0.5, 0.6) is 0 Å². The molecule has 26 heavy (non-hydrogen) atoms. The first-order valence-corrected chi connectivity index (χ1v) is 9.07. The lowest BCUT2D eigenvalue weighted by Gasteiger charge is -2.15. The highest BCUT2D eigenvalue weighted by molar-refractivity contribution is 8.27. The van der Waals surface area contributed by atoms with Crippen molar-refractivity contribution in [3.63, 3.8) is 0 Å². The fourth-order valence-corrected chi connectivity index (χ4v) is 3.90. The van der Waals surface area contributed by atoms with Gasteiger partial charge in [-0.25, -0.2) is 0 Å². The smallest absolute Gasteiger partial charge is 0.270 e. The topological polar surface area (TPSA) is 60.4 Å². The number of rotatable bonds is 4. The molecule has 0 N–H and O–H groups in total. The van der Waals surface area contributed by atoms with E-state index in [4.69, 9.17) is 23.8 Å². The maximum atomic E-state index is 12.7. The van der Waals surface area contributed by atoms with Crippen molar-refractivity contribution in [3.05, 3.63) is 81.7 Å². The highest BCUT2D eigenvalue weighted by Gasteiger charge is 2.33. The van der Waals surface area contributed by atoms with E-state index >= 15 is 0 Å². The normalized spacial score (nSPS) is 16.4. The van der Waals surface area contributed by atoms with E-state index in [1.54, 1.807) is 12.2 Å². The molecular weight excluding hydrogens is 390 g/mol. The molecule has 1 heterocycles. The van der Waals surface area contributed by atoms with E-state index < -0.39 is 5.97 Å². The molecule has 1 saturated heterocycles. The first kappa shape index (κ1) is 18.4. The van der Waals surface area contributed by atoms with E-state index in [-0.39, 0.29) is 11.5 Å². The number of carbonyl (C=O) groups is 2. The minimum Gasteiger partial charge on any atom is -0.545 e. The van der Waals surface area contributed by atoms with Crippen LogP contribution in [0, 0.1) is 0 Å². The van der Waals surface area contributed by atoms with Crippen LogP contribution in [-0.4, -0.2) is 16.2 Å². The summed E-state index contributed by atoms with van der Waals surface area (Å²) >= 11 is 12.7. The van der Waals surface area contributed by atoms with E-state index in [1.807, 2.05) is 30.3 Å². The van der Waals surface area contributed by atoms with Gasteiger partial charge < -0.3 is 9.90 Å². The third-order valence-corrected chi connectivity index (χ3v) is 5.05. The van der Waals surface area contributed by atoms with Crippen molar-refractivity contribution in [2.75, 3.05) is 4.90 Å². The molecule has 2 aromatic rings. The van der Waals surface area contributed by atoms with Crippen LogP contribution < -0.4 is 10.0 Å². The van der Waals surface area contributed by atoms with Crippen molar-refractivity contribution < 1.29 is 14.7 Å². The van der Waals surface area contributed by atoms with E-state index in [2.05, 4.69) is 0 Å². The minimum atomic E-state index is -1.28. The number of hydrogen-bond acceptors (Lipinski definition) is 5. The molecule has 0 aromatic heterocycles. The Balaban J connectivity index is 1.84. The summed E-state index contributed by atoms with van der Waals surface area (Å²) < 4.78 is 0.353. The van der Waals surface area contributed by atoms with Gasteiger partial charge in [-0.05, 0) is 35.4 Å². The van der Waals surface area contributed by atoms with E-state index in [9.17, 15) is 14.7 Å². The van der Waals surface area contributed by atoms with Crippen molar-refractivity contribution >= 4 is 63.5 Å². The minimum absolute atomic E-state index is 0.0311. The summed E-state index contributed by atoms with van der Waals surface area (Å²) in [6, 6.07) is 15.3. The molecule has 0 spiro atoms. The molecule has 4 nitrogen and oxygen atoms in total. The van der Waals surface area contributed by atoms with Gasteiger partial charge in [0.15, 0.2) is 4.32 Å². The van der Waals surface area contributed by atoms with Crippen LogP contribution in [0.1, 0.15) is 15.9 Å². The van der Waals surface area contributed by atoms with Gasteiger partial charge in [0, 0.05) is 5.03 Å². The van der Waals surface area contributed by atoms with Crippen LogP contribution in [-0.2, 0) is 4.79 Å². The number of amides is 1. The summed E-state index contributed by atoms with van der Waals surface area (Å²) in [4.78, 5) is 25.2. The van der Waals surface area contributed by atoms with Crippen LogP contribution in [0.25, 0.3) is 6.08 Å². The molecule has 2 aromatic carbocycles. The molecule has 0 saturated carbocycles. The Labute approximate surface area is 164 Å². The SMILES string of the molecule is O=C([O-])c1ccc(N2C(=O)C(=C/C(Cl)=C/c3ccccc3)SC2=S)cc1. The quantitative estimate of drug-likeness (QED) is 0.580. The highest BCUT2D eigenvalue weighted by atomic mass is 35.5. The molecule has 3 rings (SSSR count). The molecule has 0 aliphatic carbocycles. The number of carbonyl (C=O) groups excluding carboxylic acids is 2. The standard InChI is InChI=1S/C19H12ClNO3S2/c20-14(10-12-4-2-1-3-5-12)11-16-17(22)21(19(25)26-16)15-8-6-13(7-9-15)18(23)24/h1-11H,(H,23,24)/p-1/b14-10-,16-11?. The van der Waals surface area contributed by atoms with Gasteiger partial charge >= 0.3 is 0 Å². The van der Waals surface area contributed by atoms with Crippen LogP contribution in [0.4, 0.5) is 5.69 Å². The Morgan fingerprint density at radius 1 is 1.12 bits per heavy atom. The lowest BCUT2D eigenvalue weighted by molar-refractivity contribution is -0.255. The molecule has 0 atom stereocenters. The Morgan fingerprint density at radius 3 is 2.38 bits per heavy atom. The van der Waals surface area contributed by atoms with Crippen molar-refractivity contribution in [2.24, 2.45) is 0 Å². The zero-order valence-corrected chi connectivity index (χ0v) is 15.6. The van der Waals surface area contributed by atoms with Gasteiger partial charge in [-0.15, -0.1) is 0 Å². The number of thiocarbonyl (C=S) groups is 1. The fourth-order valence-electron chi connectivity index (χ4n) is 2.31. The van der Waals surface area contributed by atoms with Crippen molar-refractivity contribution in [1.29, 1.82) is 0 Å². The second-order valence-corrected chi connectivity index (χ2v) is 7.40. The van der Waals surface area contributed by atoms with Gasteiger partial charge in [0.25, 0.3) is 5.91 Å². The average Bonchev–Trinajstić information content (AvgIpc) is 2.89. The third-order valence-electron chi connectivity index (χ3n) is 3.53. The Hall–Kier alpha value is -2.41. The first-order chi connectivity index (χ1) is 12.5. The van der Waals surface area contributed by atoms with Gasteiger partial charge in [0.05, 0.1) is 16.6 Å². The van der Waals surface area contributed by atoms with E-state index in [0.717, 1.165) is 17.3 Å². The summed E-state index contributed by atoms with van der Waals surface area (Å²) in [5, 5.41) is 11.2. The lowest BCUT2D eigenvalue weighted by Crippen LogP contribution is -2.28. The number of carboxylic acids is 1. The number of anilines is 1. The zero-order chi connectivity index (χ0) is 18.7. The number of aromatic carboxylic acids is 1. The summed E-state index contributed by atoms with van der Waals surface area (Å²) in [6.07, 6.45) is 3.33. The molecule has 130 valence electrons. The fraction of sp³-hybridized carbons (Fsp3) is 0. The number of nitrogens with zero attached hydrogens (tertiary/aromatic N) is 1. The number of allylic oxidation sites excluding steroid dienone is 2. The Bertz CT molecular complexity index is 937. The maximum absolute atomic E-state index is 12.7. The molecule has 0 radical (unpaired) electrons. The molecule has 0 bridgehead atoms.